The van der Waals surface area contributed by atoms with Crippen molar-refractivity contribution in [1.29, 1.82) is 0 Å². The molecule has 0 atom stereocenters. The summed E-state index contributed by atoms with van der Waals surface area (Å²) in [4.78, 5) is 17.1. The second-order valence-corrected chi connectivity index (χ2v) is 9.15. The molecule has 0 bridgehead atoms. The number of piperazine rings is 1. The molecule has 3 aliphatic rings. The van der Waals surface area contributed by atoms with Gasteiger partial charge in [0, 0.05) is 38.3 Å². The van der Waals surface area contributed by atoms with E-state index in [1.807, 2.05) is 41.3 Å². The molecule has 5 nitrogen and oxygen atoms in total. The van der Waals surface area contributed by atoms with Gasteiger partial charge in [-0.25, -0.2) is 0 Å². The molecule has 2 aromatic rings. The normalized spacial score (nSPS) is 20.8. The van der Waals surface area contributed by atoms with E-state index in [4.69, 9.17) is 4.74 Å². The van der Waals surface area contributed by atoms with Gasteiger partial charge in [-0.15, -0.1) is 0 Å². The molecule has 1 amide bonds. The molecule has 1 heterocycles. The van der Waals surface area contributed by atoms with Crippen LogP contribution in [0.15, 0.2) is 48.5 Å². The topological polar surface area (TPSA) is 53.0 Å². The van der Waals surface area contributed by atoms with Crippen LogP contribution in [0.5, 0.6) is 5.75 Å². The Hall–Kier alpha value is -2.37. The average Bonchev–Trinajstić information content (AvgIpc) is 3.71. The van der Waals surface area contributed by atoms with Crippen molar-refractivity contribution in [3.63, 3.8) is 0 Å². The lowest BCUT2D eigenvalue weighted by atomic mass is 10.0. The predicted molar refractivity (Wildman–Crippen MR) is 117 cm³/mol. The molecule has 2 aliphatic carbocycles. The Morgan fingerprint density at radius 3 is 2.40 bits per heavy atom. The first-order valence-corrected chi connectivity index (χ1v) is 11.2. The number of nitrogens with zero attached hydrogens (tertiary/aromatic N) is 2. The SMILES string of the molecule is O=C(c1ccc(-c2cccc(OCC3CC3)c2)cc1)N1CCN(CC2(O)CC2)CC1. The maximum atomic E-state index is 12.9. The lowest BCUT2D eigenvalue weighted by Crippen LogP contribution is -2.50. The Morgan fingerprint density at radius 2 is 1.73 bits per heavy atom. The van der Waals surface area contributed by atoms with Crippen LogP contribution in [0.3, 0.4) is 0 Å². The van der Waals surface area contributed by atoms with Gasteiger partial charge in [0.15, 0.2) is 0 Å². The number of carbonyl (C=O) groups excluding carboxylic acids is 1. The highest BCUT2D eigenvalue weighted by Gasteiger charge is 2.42. The van der Waals surface area contributed by atoms with E-state index in [9.17, 15) is 9.90 Å². The van der Waals surface area contributed by atoms with Crippen LogP contribution in [-0.4, -0.2) is 65.7 Å². The Kier molecular flexibility index (Phi) is 5.25. The molecule has 0 radical (unpaired) electrons. The predicted octanol–water partition coefficient (Wildman–Crippen LogP) is 3.43. The van der Waals surface area contributed by atoms with E-state index >= 15 is 0 Å². The van der Waals surface area contributed by atoms with Crippen molar-refractivity contribution in [2.24, 2.45) is 5.92 Å². The fourth-order valence-corrected chi connectivity index (χ4v) is 4.08. The van der Waals surface area contributed by atoms with Gasteiger partial charge in [-0.2, -0.15) is 0 Å². The van der Waals surface area contributed by atoms with E-state index in [0.717, 1.165) is 80.5 Å². The Labute approximate surface area is 178 Å². The second kappa shape index (κ2) is 8.05. The minimum Gasteiger partial charge on any atom is -0.493 e. The summed E-state index contributed by atoms with van der Waals surface area (Å²) in [6.45, 7) is 4.66. The molecule has 2 aromatic carbocycles. The molecular formula is C25H30N2O3. The van der Waals surface area contributed by atoms with Crippen molar-refractivity contribution in [2.75, 3.05) is 39.3 Å². The van der Waals surface area contributed by atoms with Crippen LogP contribution in [0.25, 0.3) is 11.1 Å². The minimum absolute atomic E-state index is 0.0906. The molecule has 0 aromatic heterocycles. The monoisotopic (exact) mass is 406 g/mol. The summed E-state index contributed by atoms with van der Waals surface area (Å²) in [5.41, 5.74) is 2.47. The number of amides is 1. The van der Waals surface area contributed by atoms with Crippen molar-refractivity contribution in [3.8, 4) is 16.9 Å². The molecule has 158 valence electrons. The van der Waals surface area contributed by atoms with Gasteiger partial charge in [0.2, 0.25) is 0 Å². The van der Waals surface area contributed by atoms with Gasteiger partial charge in [-0.1, -0.05) is 24.3 Å². The molecular weight excluding hydrogens is 376 g/mol. The number of carbonyl (C=O) groups is 1. The first kappa shape index (κ1) is 19.6. The Balaban J connectivity index is 1.18. The largest absolute Gasteiger partial charge is 0.493 e. The van der Waals surface area contributed by atoms with Crippen LogP contribution in [0, 0.1) is 5.92 Å². The third-order valence-electron chi connectivity index (χ3n) is 6.49. The summed E-state index contributed by atoms with van der Waals surface area (Å²) in [5, 5.41) is 10.1. The summed E-state index contributed by atoms with van der Waals surface area (Å²) >= 11 is 0. The van der Waals surface area contributed by atoms with Crippen LogP contribution in [0.4, 0.5) is 0 Å². The highest BCUT2D eigenvalue weighted by atomic mass is 16.5. The number of hydrogen-bond acceptors (Lipinski definition) is 4. The summed E-state index contributed by atoms with van der Waals surface area (Å²) in [6, 6.07) is 16.1. The van der Waals surface area contributed by atoms with E-state index in [1.165, 1.54) is 12.8 Å². The first-order chi connectivity index (χ1) is 14.6. The van der Waals surface area contributed by atoms with Gasteiger partial charge in [0.25, 0.3) is 5.91 Å². The van der Waals surface area contributed by atoms with Gasteiger partial charge in [-0.3, -0.25) is 9.69 Å². The molecule has 2 saturated carbocycles. The average molecular weight is 407 g/mol. The number of rotatable bonds is 7. The zero-order chi connectivity index (χ0) is 20.6. The van der Waals surface area contributed by atoms with Crippen molar-refractivity contribution >= 4 is 5.91 Å². The smallest absolute Gasteiger partial charge is 0.253 e. The molecule has 0 spiro atoms. The van der Waals surface area contributed by atoms with Crippen molar-refractivity contribution < 1.29 is 14.6 Å². The molecule has 1 N–H and O–H groups in total. The van der Waals surface area contributed by atoms with Crippen LogP contribution >= 0.6 is 0 Å². The van der Waals surface area contributed by atoms with Crippen molar-refractivity contribution in [2.45, 2.75) is 31.3 Å². The quantitative estimate of drug-likeness (QED) is 0.766. The summed E-state index contributed by atoms with van der Waals surface area (Å²) in [5.74, 6) is 1.74. The van der Waals surface area contributed by atoms with Gasteiger partial charge < -0.3 is 14.7 Å². The van der Waals surface area contributed by atoms with E-state index in [0.29, 0.717) is 0 Å². The highest BCUT2D eigenvalue weighted by Crippen LogP contribution is 2.36. The van der Waals surface area contributed by atoms with Crippen LogP contribution in [0.2, 0.25) is 0 Å². The minimum atomic E-state index is -0.456. The molecule has 5 rings (SSSR count). The number of β-amino-alcohol motifs (C(OH)–C–C–N with tert-alkyl or cyclic N) is 1. The number of aliphatic hydroxyl groups is 1. The molecule has 1 saturated heterocycles. The van der Waals surface area contributed by atoms with Crippen molar-refractivity contribution in [3.05, 3.63) is 54.1 Å². The fourth-order valence-electron chi connectivity index (χ4n) is 4.08. The molecule has 5 heteroatoms. The van der Waals surface area contributed by atoms with Crippen LogP contribution in [0.1, 0.15) is 36.0 Å². The number of ether oxygens (including phenoxy) is 1. The standard InChI is InChI=1S/C25H30N2O3/c28-24(27-14-12-26(13-15-27)18-25(29)10-11-25)21-8-6-20(7-9-21)22-2-1-3-23(16-22)30-17-19-4-5-19/h1-3,6-9,16,19,29H,4-5,10-15,17-18H2. The zero-order valence-corrected chi connectivity index (χ0v) is 17.4. The van der Waals surface area contributed by atoms with E-state index < -0.39 is 5.60 Å². The number of benzene rings is 2. The third kappa shape index (κ3) is 4.68. The van der Waals surface area contributed by atoms with Gasteiger partial charge in [0.1, 0.15) is 5.75 Å². The summed E-state index contributed by atoms with van der Waals surface area (Å²) in [7, 11) is 0. The fraction of sp³-hybridized carbons (Fsp3) is 0.480. The maximum absolute atomic E-state index is 12.9. The first-order valence-electron chi connectivity index (χ1n) is 11.2. The second-order valence-electron chi connectivity index (χ2n) is 9.15. The van der Waals surface area contributed by atoms with Gasteiger partial charge in [-0.05, 0) is 67.0 Å². The van der Waals surface area contributed by atoms with E-state index in [2.05, 4.69) is 17.0 Å². The lowest BCUT2D eigenvalue weighted by Gasteiger charge is -2.35. The van der Waals surface area contributed by atoms with Crippen molar-refractivity contribution in [1.82, 2.24) is 9.80 Å². The lowest BCUT2D eigenvalue weighted by molar-refractivity contribution is 0.0473. The highest BCUT2D eigenvalue weighted by molar-refractivity contribution is 5.94. The Bertz CT molecular complexity index is 895. The summed E-state index contributed by atoms with van der Waals surface area (Å²) in [6.07, 6.45) is 4.39. The molecule has 0 unspecified atom stereocenters. The van der Waals surface area contributed by atoms with Gasteiger partial charge >= 0.3 is 0 Å². The molecule has 3 fully saturated rings. The Morgan fingerprint density at radius 1 is 1.00 bits per heavy atom. The van der Waals surface area contributed by atoms with Gasteiger partial charge in [0.05, 0.1) is 12.2 Å². The van der Waals surface area contributed by atoms with E-state index in [1.54, 1.807) is 0 Å². The van der Waals surface area contributed by atoms with E-state index in [-0.39, 0.29) is 5.91 Å². The third-order valence-corrected chi connectivity index (χ3v) is 6.49. The number of hydrogen-bond donors (Lipinski definition) is 1. The van der Waals surface area contributed by atoms with Crippen LogP contribution < -0.4 is 4.74 Å². The maximum Gasteiger partial charge on any atom is 0.253 e. The van der Waals surface area contributed by atoms with Crippen LogP contribution in [-0.2, 0) is 0 Å². The zero-order valence-electron chi connectivity index (χ0n) is 17.4. The molecule has 30 heavy (non-hydrogen) atoms. The molecule has 1 aliphatic heterocycles. The summed E-state index contributed by atoms with van der Waals surface area (Å²) < 4.78 is 5.90.